The van der Waals surface area contributed by atoms with Crippen LogP contribution in [0.25, 0.3) is 0 Å². The Hall–Kier alpha value is -1.83. The van der Waals surface area contributed by atoms with Crippen molar-refractivity contribution >= 4 is 17.7 Å². The second-order valence-electron chi connectivity index (χ2n) is 2.91. The lowest BCUT2D eigenvalue weighted by Crippen LogP contribution is -2.04. The SMILES string of the molecule is CCOC(=O)c1coc(Sc2nnc(C)o2)n1. The van der Waals surface area contributed by atoms with Gasteiger partial charge in [0.25, 0.3) is 10.4 Å². The molecule has 0 N–H and O–H groups in total. The van der Waals surface area contributed by atoms with Crippen LogP contribution >= 0.6 is 11.8 Å². The van der Waals surface area contributed by atoms with E-state index < -0.39 is 5.97 Å². The Balaban J connectivity index is 2.06. The molecule has 0 aliphatic heterocycles. The van der Waals surface area contributed by atoms with E-state index in [0.29, 0.717) is 11.1 Å². The Morgan fingerprint density at radius 2 is 2.29 bits per heavy atom. The van der Waals surface area contributed by atoms with E-state index in [0.717, 1.165) is 11.8 Å². The van der Waals surface area contributed by atoms with Crippen molar-refractivity contribution in [3.63, 3.8) is 0 Å². The van der Waals surface area contributed by atoms with E-state index in [1.54, 1.807) is 13.8 Å². The highest BCUT2D eigenvalue weighted by atomic mass is 32.2. The normalized spacial score (nSPS) is 10.5. The molecule has 0 bridgehead atoms. The molecule has 90 valence electrons. The van der Waals surface area contributed by atoms with Crippen LogP contribution < -0.4 is 0 Å². The molecule has 8 heteroatoms. The highest BCUT2D eigenvalue weighted by Gasteiger charge is 2.15. The van der Waals surface area contributed by atoms with Gasteiger partial charge < -0.3 is 13.6 Å². The van der Waals surface area contributed by atoms with Crippen LogP contribution in [0.4, 0.5) is 0 Å². The lowest BCUT2D eigenvalue weighted by molar-refractivity contribution is 0.0519. The molecular formula is C9H9N3O4S. The number of nitrogens with zero attached hydrogens (tertiary/aromatic N) is 3. The fourth-order valence-corrected chi connectivity index (χ4v) is 1.63. The molecule has 0 radical (unpaired) electrons. The summed E-state index contributed by atoms with van der Waals surface area (Å²) < 4.78 is 15.0. The summed E-state index contributed by atoms with van der Waals surface area (Å²) >= 11 is 1.04. The smallest absolute Gasteiger partial charge is 0.360 e. The number of carbonyl (C=O) groups is 1. The quantitative estimate of drug-likeness (QED) is 0.762. The maximum Gasteiger partial charge on any atom is 0.360 e. The van der Waals surface area contributed by atoms with E-state index in [-0.39, 0.29) is 17.5 Å². The summed E-state index contributed by atoms with van der Waals surface area (Å²) in [6.07, 6.45) is 1.23. The van der Waals surface area contributed by atoms with Crippen molar-refractivity contribution in [3.05, 3.63) is 17.8 Å². The number of ether oxygens (including phenoxy) is 1. The van der Waals surface area contributed by atoms with Crippen LogP contribution in [-0.4, -0.2) is 27.8 Å². The maximum absolute atomic E-state index is 11.3. The molecule has 2 aromatic heterocycles. The van der Waals surface area contributed by atoms with Gasteiger partial charge in [-0.3, -0.25) is 0 Å². The van der Waals surface area contributed by atoms with E-state index in [9.17, 15) is 4.79 Å². The Morgan fingerprint density at radius 3 is 2.94 bits per heavy atom. The van der Waals surface area contributed by atoms with Gasteiger partial charge in [0.1, 0.15) is 6.26 Å². The Labute approximate surface area is 101 Å². The van der Waals surface area contributed by atoms with E-state index in [4.69, 9.17) is 13.6 Å². The number of aryl methyl sites for hydroxylation is 1. The molecule has 0 aliphatic carbocycles. The highest BCUT2D eigenvalue weighted by Crippen LogP contribution is 2.25. The fourth-order valence-electron chi connectivity index (χ4n) is 0.997. The van der Waals surface area contributed by atoms with Gasteiger partial charge in [0, 0.05) is 18.7 Å². The fraction of sp³-hybridized carbons (Fsp3) is 0.333. The molecule has 0 atom stereocenters. The minimum Gasteiger partial charge on any atom is -0.461 e. The molecular weight excluding hydrogens is 246 g/mol. The van der Waals surface area contributed by atoms with E-state index in [2.05, 4.69) is 15.2 Å². The minimum atomic E-state index is -0.523. The van der Waals surface area contributed by atoms with Crippen LogP contribution in [0, 0.1) is 6.92 Å². The highest BCUT2D eigenvalue weighted by molar-refractivity contribution is 7.98. The molecule has 2 rings (SSSR count). The number of hydrogen-bond donors (Lipinski definition) is 0. The van der Waals surface area contributed by atoms with Gasteiger partial charge in [-0.2, -0.15) is 4.98 Å². The Bertz CT molecular complexity index is 522. The molecule has 17 heavy (non-hydrogen) atoms. The van der Waals surface area contributed by atoms with E-state index in [1.165, 1.54) is 6.26 Å². The van der Waals surface area contributed by atoms with E-state index >= 15 is 0 Å². The van der Waals surface area contributed by atoms with Gasteiger partial charge in [-0.05, 0) is 6.92 Å². The predicted octanol–water partition coefficient (Wildman–Crippen LogP) is 1.69. The molecule has 0 spiro atoms. The molecule has 0 aliphatic rings. The number of hydrogen-bond acceptors (Lipinski definition) is 8. The van der Waals surface area contributed by atoms with Gasteiger partial charge in [-0.1, -0.05) is 0 Å². The zero-order chi connectivity index (χ0) is 12.3. The zero-order valence-electron chi connectivity index (χ0n) is 9.17. The third-order valence-electron chi connectivity index (χ3n) is 1.65. The van der Waals surface area contributed by atoms with Crippen LogP contribution in [0.2, 0.25) is 0 Å². The molecule has 7 nitrogen and oxygen atoms in total. The minimum absolute atomic E-state index is 0.116. The molecule has 2 heterocycles. The summed E-state index contributed by atoms with van der Waals surface area (Å²) in [5.41, 5.74) is 0.116. The number of esters is 1. The molecule has 0 saturated heterocycles. The summed E-state index contributed by atoms with van der Waals surface area (Å²) in [5.74, 6) is -0.0746. The summed E-state index contributed by atoms with van der Waals surface area (Å²) in [6.45, 7) is 3.68. The average Bonchev–Trinajstić information content (AvgIpc) is 2.89. The summed E-state index contributed by atoms with van der Waals surface area (Å²) in [4.78, 5) is 15.2. The van der Waals surface area contributed by atoms with Crippen molar-refractivity contribution in [2.45, 2.75) is 24.3 Å². The van der Waals surface area contributed by atoms with Crippen molar-refractivity contribution < 1.29 is 18.4 Å². The number of oxazole rings is 1. The van der Waals surface area contributed by atoms with Gasteiger partial charge in [0.2, 0.25) is 5.89 Å². The topological polar surface area (TPSA) is 91.2 Å². The standard InChI is InChI=1S/C9H9N3O4S/c1-3-14-7(13)6-4-15-8(10-6)17-9-12-11-5(2)16-9/h4H,3H2,1-2H3. The van der Waals surface area contributed by atoms with E-state index in [1.807, 2.05) is 0 Å². The van der Waals surface area contributed by atoms with Gasteiger partial charge >= 0.3 is 5.97 Å². The van der Waals surface area contributed by atoms with Gasteiger partial charge in [0.15, 0.2) is 5.69 Å². The second-order valence-corrected chi connectivity index (χ2v) is 3.81. The van der Waals surface area contributed by atoms with Crippen LogP contribution in [0.1, 0.15) is 23.3 Å². The zero-order valence-corrected chi connectivity index (χ0v) is 9.98. The summed E-state index contributed by atoms with van der Waals surface area (Å²) in [7, 11) is 0. The first-order chi connectivity index (χ1) is 8.19. The predicted molar refractivity (Wildman–Crippen MR) is 55.6 cm³/mol. The first-order valence-electron chi connectivity index (χ1n) is 4.79. The molecule has 0 amide bonds. The summed E-state index contributed by atoms with van der Waals surface area (Å²) in [6, 6.07) is 0. The largest absolute Gasteiger partial charge is 0.461 e. The lowest BCUT2D eigenvalue weighted by Gasteiger charge is -1.94. The first-order valence-corrected chi connectivity index (χ1v) is 5.61. The molecule has 0 unspecified atom stereocenters. The lowest BCUT2D eigenvalue weighted by atomic mass is 10.5. The van der Waals surface area contributed by atoms with Crippen molar-refractivity contribution in [2.24, 2.45) is 0 Å². The summed E-state index contributed by atoms with van der Waals surface area (Å²) in [5, 5.41) is 7.97. The molecule has 0 aromatic carbocycles. The molecule has 0 saturated carbocycles. The Morgan fingerprint density at radius 1 is 1.47 bits per heavy atom. The molecule has 0 fully saturated rings. The van der Waals surface area contributed by atoms with Gasteiger partial charge in [-0.25, -0.2) is 4.79 Å². The first kappa shape index (κ1) is 11.6. The van der Waals surface area contributed by atoms with Crippen molar-refractivity contribution in [3.8, 4) is 0 Å². The van der Waals surface area contributed by atoms with Crippen LogP contribution in [0.15, 0.2) is 25.5 Å². The third-order valence-corrected chi connectivity index (χ3v) is 2.35. The third kappa shape index (κ3) is 2.84. The van der Waals surface area contributed by atoms with Crippen molar-refractivity contribution in [1.29, 1.82) is 0 Å². The van der Waals surface area contributed by atoms with Crippen molar-refractivity contribution in [1.82, 2.24) is 15.2 Å². The monoisotopic (exact) mass is 255 g/mol. The maximum atomic E-state index is 11.3. The second kappa shape index (κ2) is 5.00. The van der Waals surface area contributed by atoms with Gasteiger partial charge in [-0.15, -0.1) is 10.2 Å². The average molecular weight is 255 g/mol. The number of rotatable bonds is 4. The van der Waals surface area contributed by atoms with Crippen molar-refractivity contribution in [2.75, 3.05) is 6.61 Å². The number of aromatic nitrogens is 3. The van der Waals surface area contributed by atoms with Gasteiger partial charge in [0.05, 0.1) is 6.61 Å². The van der Waals surface area contributed by atoms with Crippen LogP contribution in [0.3, 0.4) is 0 Å². The Kier molecular flexibility index (Phi) is 3.43. The number of carbonyl (C=O) groups excluding carboxylic acids is 1. The van der Waals surface area contributed by atoms with Crippen LogP contribution in [0.5, 0.6) is 0 Å². The molecule has 2 aromatic rings. The van der Waals surface area contributed by atoms with Crippen LogP contribution in [-0.2, 0) is 4.74 Å².